The Bertz CT molecular complexity index is 1080. The van der Waals surface area contributed by atoms with Gasteiger partial charge in [-0.1, -0.05) is 48.9 Å². The molecule has 1 heterocycles. The Balaban J connectivity index is 1.60. The number of nitrogens with zero attached hydrogens (tertiary/aromatic N) is 3. The van der Waals surface area contributed by atoms with Crippen molar-refractivity contribution in [2.24, 2.45) is 0 Å². The van der Waals surface area contributed by atoms with Gasteiger partial charge in [-0.05, 0) is 55.5 Å². The summed E-state index contributed by atoms with van der Waals surface area (Å²) in [6.07, 6.45) is 7.82. The SMILES string of the molecule is COC(C)/C=C\c1cc(C(=O)C2CN(C3CCC3)CCN2Cc2ccccc2C#N)ccc1C. The standard InChI is InChI=1S/C29H35N3O2/c1-21-11-13-24(17-23(21)14-12-22(2)34-3)29(33)28-20-31(27-9-6-10-27)15-16-32(28)19-26-8-5-4-7-25(26)18-30/h4-5,7-8,11-14,17,22,27-28H,6,9-10,15-16,19-20H2,1-3H3/b14-12-. The van der Waals surface area contributed by atoms with E-state index < -0.39 is 0 Å². The number of Topliss-reactive ketones (excluding diaryl/α,β-unsaturated/α-hetero) is 1. The number of hydrogen-bond donors (Lipinski definition) is 0. The molecule has 0 aromatic heterocycles. The van der Waals surface area contributed by atoms with Crippen LogP contribution in [0, 0.1) is 18.3 Å². The highest BCUT2D eigenvalue weighted by Crippen LogP contribution is 2.29. The summed E-state index contributed by atoms with van der Waals surface area (Å²) in [7, 11) is 1.69. The average Bonchev–Trinajstić information content (AvgIpc) is 2.83. The van der Waals surface area contributed by atoms with Crippen molar-refractivity contribution in [2.75, 3.05) is 26.7 Å². The highest BCUT2D eigenvalue weighted by Gasteiger charge is 2.37. The molecule has 0 N–H and O–H groups in total. The van der Waals surface area contributed by atoms with Gasteiger partial charge in [0.05, 0.1) is 23.8 Å². The molecule has 1 saturated heterocycles. The Morgan fingerprint density at radius 3 is 2.74 bits per heavy atom. The third-order valence-corrected chi connectivity index (χ3v) is 7.41. The summed E-state index contributed by atoms with van der Waals surface area (Å²) < 4.78 is 5.34. The molecule has 4 rings (SSSR count). The van der Waals surface area contributed by atoms with Gasteiger partial charge in [0.15, 0.2) is 5.78 Å². The molecule has 178 valence electrons. The van der Waals surface area contributed by atoms with Crippen molar-refractivity contribution in [3.63, 3.8) is 0 Å². The lowest BCUT2D eigenvalue weighted by molar-refractivity contribution is 0.0206. The molecule has 2 aliphatic rings. The number of aryl methyl sites for hydroxylation is 1. The molecule has 2 aromatic carbocycles. The number of benzene rings is 2. The highest BCUT2D eigenvalue weighted by molar-refractivity contribution is 6.01. The zero-order valence-corrected chi connectivity index (χ0v) is 20.5. The maximum Gasteiger partial charge on any atom is 0.181 e. The maximum atomic E-state index is 13.9. The molecule has 1 aliphatic carbocycles. The van der Waals surface area contributed by atoms with E-state index in [2.05, 4.69) is 22.8 Å². The van der Waals surface area contributed by atoms with Crippen LogP contribution in [0.2, 0.25) is 0 Å². The third-order valence-electron chi connectivity index (χ3n) is 7.41. The Morgan fingerprint density at radius 1 is 1.24 bits per heavy atom. The van der Waals surface area contributed by atoms with E-state index >= 15 is 0 Å². The number of ketones is 1. The van der Waals surface area contributed by atoms with Crippen molar-refractivity contribution in [1.29, 1.82) is 5.26 Å². The first kappa shape index (κ1) is 24.3. The van der Waals surface area contributed by atoms with Gasteiger partial charge in [0.1, 0.15) is 0 Å². The van der Waals surface area contributed by atoms with E-state index in [0.29, 0.717) is 18.2 Å². The van der Waals surface area contributed by atoms with Crippen molar-refractivity contribution in [3.05, 3.63) is 76.4 Å². The van der Waals surface area contributed by atoms with E-state index in [-0.39, 0.29) is 17.9 Å². The Labute approximate surface area is 203 Å². The maximum absolute atomic E-state index is 13.9. The van der Waals surface area contributed by atoms with Crippen LogP contribution in [-0.2, 0) is 11.3 Å². The van der Waals surface area contributed by atoms with E-state index in [4.69, 9.17) is 4.74 Å². The molecule has 0 bridgehead atoms. The fourth-order valence-electron chi connectivity index (χ4n) is 4.83. The van der Waals surface area contributed by atoms with Gasteiger partial charge in [-0.2, -0.15) is 5.26 Å². The fraction of sp³-hybridized carbons (Fsp3) is 0.448. The van der Waals surface area contributed by atoms with Crippen LogP contribution < -0.4 is 0 Å². The number of piperazine rings is 1. The summed E-state index contributed by atoms with van der Waals surface area (Å²) in [6.45, 7) is 7.22. The number of methoxy groups -OCH3 is 1. The summed E-state index contributed by atoms with van der Waals surface area (Å²) in [5.41, 5.74) is 4.60. The topological polar surface area (TPSA) is 56.6 Å². The Hall–Kier alpha value is -2.78. The molecular weight excluding hydrogens is 422 g/mol. The first-order valence-electron chi connectivity index (χ1n) is 12.3. The zero-order chi connectivity index (χ0) is 24.1. The molecule has 0 radical (unpaired) electrons. The summed E-state index contributed by atoms with van der Waals surface area (Å²) in [6, 6.07) is 16.4. The first-order valence-corrected chi connectivity index (χ1v) is 12.3. The molecule has 0 spiro atoms. The molecule has 2 fully saturated rings. The van der Waals surface area contributed by atoms with Crippen molar-refractivity contribution >= 4 is 11.9 Å². The minimum atomic E-state index is -0.224. The second-order valence-corrected chi connectivity index (χ2v) is 9.57. The van der Waals surface area contributed by atoms with Gasteiger partial charge in [0, 0.05) is 44.9 Å². The predicted octanol–water partition coefficient (Wildman–Crippen LogP) is 4.84. The molecule has 1 aliphatic heterocycles. The summed E-state index contributed by atoms with van der Waals surface area (Å²) in [5, 5.41) is 9.56. The number of ether oxygens (including phenoxy) is 1. The van der Waals surface area contributed by atoms with Crippen LogP contribution in [0.3, 0.4) is 0 Å². The lowest BCUT2D eigenvalue weighted by Crippen LogP contribution is -2.59. The van der Waals surface area contributed by atoms with Crippen LogP contribution in [0.15, 0.2) is 48.5 Å². The molecule has 2 aromatic rings. The minimum Gasteiger partial charge on any atom is -0.378 e. The number of nitriles is 1. The van der Waals surface area contributed by atoms with Gasteiger partial charge in [-0.15, -0.1) is 0 Å². The predicted molar refractivity (Wildman–Crippen MR) is 136 cm³/mol. The van der Waals surface area contributed by atoms with Crippen LogP contribution in [0.25, 0.3) is 6.08 Å². The molecule has 5 nitrogen and oxygen atoms in total. The number of carbonyl (C=O) groups is 1. The van der Waals surface area contributed by atoms with Crippen molar-refractivity contribution in [2.45, 2.75) is 57.8 Å². The van der Waals surface area contributed by atoms with E-state index in [9.17, 15) is 10.1 Å². The van der Waals surface area contributed by atoms with Gasteiger partial charge < -0.3 is 4.74 Å². The van der Waals surface area contributed by atoms with Crippen molar-refractivity contribution < 1.29 is 9.53 Å². The van der Waals surface area contributed by atoms with E-state index in [1.54, 1.807) is 7.11 Å². The van der Waals surface area contributed by atoms with Gasteiger partial charge in [-0.25, -0.2) is 0 Å². The lowest BCUT2D eigenvalue weighted by atomic mass is 9.89. The van der Waals surface area contributed by atoms with Crippen molar-refractivity contribution in [1.82, 2.24) is 9.80 Å². The van der Waals surface area contributed by atoms with Crippen LogP contribution >= 0.6 is 0 Å². The zero-order valence-electron chi connectivity index (χ0n) is 20.5. The number of hydrogen-bond acceptors (Lipinski definition) is 5. The normalized spacial score (nSPS) is 20.7. The third kappa shape index (κ3) is 5.47. The van der Waals surface area contributed by atoms with Gasteiger partial charge in [0.2, 0.25) is 0 Å². The fourth-order valence-corrected chi connectivity index (χ4v) is 4.83. The van der Waals surface area contributed by atoms with Crippen LogP contribution in [-0.4, -0.2) is 60.5 Å². The minimum absolute atomic E-state index is 0.0174. The molecular formula is C29H35N3O2. The lowest BCUT2D eigenvalue weighted by Gasteiger charge is -2.46. The average molecular weight is 458 g/mol. The molecule has 2 atom stereocenters. The number of rotatable bonds is 8. The first-order chi connectivity index (χ1) is 16.5. The molecule has 34 heavy (non-hydrogen) atoms. The molecule has 5 heteroatoms. The van der Waals surface area contributed by atoms with Crippen LogP contribution in [0.5, 0.6) is 0 Å². The smallest absolute Gasteiger partial charge is 0.181 e. The van der Waals surface area contributed by atoms with Crippen LogP contribution in [0.1, 0.15) is 58.8 Å². The Morgan fingerprint density at radius 2 is 2.03 bits per heavy atom. The van der Waals surface area contributed by atoms with Gasteiger partial charge >= 0.3 is 0 Å². The highest BCUT2D eigenvalue weighted by atomic mass is 16.5. The molecule has 1 saturated carbocycles. The second kappa shape index (κ2) is 11.1. The number of carbonyl (C=O) groups excluding carboxylic acids is 1. The second-order valence-electron chi connectivity index (χ2n) is 9.57. The summed E-state index contributed by atoms with van der Waals surface area (Å²) in [5.74, 6) is 0.160. The molecule has 0 amide bonds. The largest absolute Gasteiger partial charge is 0.378 e. The van der Waals surface area contributed by atoms with Gasteiger partial charge in [-0.3, -0.25) is 14.6 Å². The van der Waals surface area contributed by atoms with E-state index in [0.717, 1.165) is 41.9 Å². The monoisotopic (exact) mass is 457 g/mol. The summed E-state index contributed by atoms with van der Waals surface area (Å²) >= 11 is 0. The van der Waals surface area contributed by atoms with E-state index in [1.165, 1.54) is 19.3 Å². The quantitative estimate of drug-likeness (QED) is 0.531. The molecule has 2 unspecified atom stereocenters. The van der Waals surface area contributed by atoms with Gasteiger partial charge in [0.25, 0.3) is 0 Å². The van der Waals surface area contributed by atoms with Crippen LogP contribution in [0.4, 0.5) is 0 Å². The van der Waals surface area contributed by atoms with E-state index in [1.807, 2.05) is 61.5 Å². The summed E-state index contributed by atoms with van der Waals surface area (Å²) in [4.78, 5) is 18.7. The van der Waals surface area contributed by atoms with Crippen molar-refractivity contribution in [3.8, 4) is 6.07 Å². The Kier molecular flexibility index (Phi) is 7.95.